The number of carbonyl (C=O) groups excluding carboxylic acids is 4. The molecule has 1 aliphatic heterocycles. The number of para-hydroxylation sites is 2. The van der Waals surface area contributed by atoms with Crippen molar-refractivity contribution in [1.29, 1.82) is 0 Å². The first kappa shape index (κ1) is 36.2. The van der Waals surface area contributed by atoms with E-state index in [9.17, 15) is 24.3 Å². The van der Waals surface area contributed by atoms with Gasteiger partial charge in [0, 0.05) is 49.6 Å². The van der Waals surface area contributed by atoms with Crippen LogP contribution in [0.3, 0.4) is 0 Å². The Morgan fingerprint density at radius 3 is 2.37 bits per heavy atom. The largest absolute Gasteiger partial charge is 0.488 e. The van der Waals surface area contributed by atoms with E-state index in [1.54, 1.807) is 60.2 Å². The summed E-state index contributed by atoms with van der Waals surface area (Å²) < 4.78 is 6.46. The molecule has 6 N–H and O–H groups in total. The number of likely N-dealkylation sites (N-methyl/N-ethyl adjacent to an activating group) is 1. The summed E-state index contributed by atoms with van der Waals surface area (Å²) in [5.41, 5.74) is 8.13. The highest BCUT2D eigenvalue weighted by Gasteiger charge is 2.32. The highest BCUT2D eigenvalue weighted by Crippen LogP contribution is 2.29. The lowest BCUT2D eigenvalue weighted by atomic mass is 10.0. The third kappa shape index (κ3) is 10.9. The molecule has 1 aliphatic rings. The number of hydrogen-bond donors (Lipinski definition) is 5. The van der Waals surface area contributed by atoms with Crippen molar-refractivity contribution in [3.05, 3.63) is 48.0 Å². The molecule has 0 aliphatic carbocycles. The molecule has 0 saturated heterocycles. The molecule has 0 fully saturated rings. The molecule has 5 amide bonds. The Morgan fingerprint density at radius 2 is 1.72 bits per heavy atom. The van der Waals surface area contributed by atoms with E-state index < -0.39 is 12.1 Å². The van der Waals surface area contributed by atoms with Gasteiger partial charge in [0.2, 0.25) is 17.7 Å². The molecule has 0 spiro atoms. The first-order chi connectivity index (χ1) is 21.9. The number of aliphatic hydroxyl groups is 1. The van der Waals surface area contributed by atoms with E-state index in [0.29, 0.717) is 60.6 Å². The van der Waals surface area contributed by atoms with Crippen molar-refractivity contribution in [2.75, 3.05) is 43.1 Å². The maximum absolute atomic E-state index is 13.5. The minimum Gasteiger partial charge on any atom is -0.488 e. The number of nitrogens with one attached hydrogen (secondary N) is 3. The van der Waals surface area contributed by atoms with E-state index in [-0.39, 0.29) is 61.7 Å². The molecule has 0 aromatic heterocycles. The number of nitrogens with two attached hydrogens (primary N) is 1. The SMILES string of the molecule is CC(C)NC(=O)N(C)C[C@@H]1Oc2ccc(NC(=O)CCCCCC(=O)Nc3ccccc3N)cc2CC(=O)N([C@@H](C)CO)C[C@H]1C. The van der Waals surface area contributed by atoms with E-state index in [4.69, 9.17) is 10.5 Å². The second-order valence-corrected chi connectivity index (χ2v) is 12.4. The highest BCUT2D eigenvalue weighted by molar-refractivity contribution is 5.94. The average molecular weight is 639 g/mol. The molecule has 2 aromatic rings. The third-order valence-electron chi connectivity index (χ3n) is 7.96. The van der Waals surface area contributed by atoms with Gasteiger partial charge >= 0.3 is 6.03 Å². The van der Waals surface area contributed by atoms with Gasteiger partial charge < -0.3 is 41.3 Å². The number of hydrogen-bond acceptors (Lipinski definition) is 7. The number of urea groups is 1. The van der Waals surface area contributed by atoms with Crippen molar-refractivity contribution in [2.45, 2.75) is 84.4 Å². The Kier molecular flexibility index (Phi) is 13.7. The van der Waals surface area contributed by atoms with E-state index in [1.165, 1.54) is 0 Å². The summed E-state index contributed by atoms with van der Waals surface area (Å²) in [4.78, 5) is 54.3. The van der Waals surface area contributed by atoms with Crippen LogP contribution in [0.4, 0.5) is 21.9 Å². The number of carbonyl (C=O) groups is 4. The van der Waals surface area contributed by atoms with Gasteiger partial charge in [0.25, 0.3) is 0 Å². The number of ether oxygens (including phenoxy) is 1. The topological polar surface area (TPSA) is 166 Å². The molecule has 0 saturated carbocycles. The predicted molar refractivity (Wildman–Crippen MR) is 179 cm³/mol. The summed E-state index contributed by atoms with van der Waals surface area (Å²) >= 11 is 0. The fraction of sp³-hybridized carbons (Fsp3) is 0.529. The first-order valence-corrected chi connectivity index (χ1v) is 16.0. The summed E-state index contributed by atoms with van der Waals surface area (Å²) in [5, 5.41) is 18.5. The Bertz CT molecular complexity index is 1350. The number of nitrogens with zero attached hydrogens (tertiary/aromatic N) is 2. The van der Waals surface area contributed by atoms with Gasteiger partial charge in [-0.1, -0.05) is 25.5 Å². The van der Waals surface area contributed by atoms with Crippen molar-refractivity contribution >= 4 is 40.8 Å². The van der Waals surface area contributed by atoms with Crippen LogP contribution in [0.5, 0.6) is 5.75 Å². The molecule has 2 aromatic carbocycles. The lowest BCUT2D eigenvalue weighted by Crippen LogP contribution is -2.49. The molecule has 3 rings (SSSR count). The van der Waals surface area contributed by atoms with E-state index >= 15 is 0 Å². The maximum Gasteiger partial charge on any atom is 0.317 e. The molecule has 12 heteroatoms. The smallest absolute Gasteiger partial charge is 0.317 e. The summed E-state index contributed by atoms with van der Waals surface area (Å²) in [6, 6.07) is 11.7. The summed E-state index contributed by atoms with van der Waals surface area (Å²) in [7, 11) is 1.70. The van der Waals surface area contributed by atoms with Gasteiger partial charge in [-0.3, -0.25) is 14.4 Å². The molecular weight excluding hydrogens is 588 g/mol. The number of amides is 5. The highest BCUT2D eigenvalue weighted by atomic mass is 16.5. The lowest BCUT2D eigenvalue weighted by molar-refractivity contribution is -0.134. The average Bonchev–Trinajstić information content (AvgIpc) is 3.04. The zero-order valence-corrected chi connectivity index (χ0v) is 27.7. The van der Waals surface area contributed by atoms with Crippen LogP contribution in [0.15, 0.2) is 42.5 Å². The normalized spacial score (nSPS) is 17.1. The van der Waals surface area contributed by atoms with Crippen molar-refractivity contribution < 1.29 is 29.0 Å². The summed E-state index contributed by atoms with van der Waals surface area (Å²) in [5.74, 6) is -0.0939. The predicted octanol–water partition coefficient (Wildman–Crippen LogP) is 4.00. The second-order valence-electron chi connectivity index (χ2n) is 12.4. The fourth-order valence-electron chi connectivity index (χ4n) is 5.23. The third-order valence-corrected chi connectivity index (χ3v) is 7.96. The molecule has 0 unspecified atom stereocenters. The van der Waals surface area contributed by atoms with E-state index in [0.717, 1.165) is 0 Å². The minimum atomic E-state index is -0.437. The van der Waals surface area contributed by atoms with Gasteiger partial charge in [-0.2, -0.15) is 0 Å². The first-order valence-electron chi connectivity index (χ1n) is 16.0. The summed E-state index contributed by atoms with van der Waals surface area (Å²) in [6.45, 7) is 8.00. The van der Waals surface area contributed by atoms with Gasteiger partial charge in [0.1, 0.15) is 11.9 Å². The van der Waals surface area contributed by atoms with Crippen LogP contribution in [0.2, 0.25) is 0 Å². The molecule has 0 bridgehead atoms. The minimum absolute atomic E-state index is 0.0200. The molecule has 3 atom stereocenters. The standard InChI is InChI=1S/C34H50N6O6/c1-22(2)36-34(45)39(5)20-30-23(3)19-40(24(4)21-41)33(44)18-25-17-26(15-16-29(25)46-30)37-31(42)13-7-6-8-14-32(43)38-28-12-10-9-11-27(28)35/h9-12,15-17,22-24,30,41H,6-8,13-14,18-21,35H2,1-5H3,(H,36,45)(H,37,42)(H,38,43)/t23-,24+,30+/m1/s1. The van der Waals surface area contributed by atoms with Crippen molar-refractivity contribution in [3.8, 4) is 5.75 Å². The van der Waals surface area contributed by atoms with Crippen molar-refractivity contribution in [3.63, 3.8) is 0 Å². The van der Waals surface area contributed by atoms with Gasteiger partial charge in [0.05, 0.1) is 37.0 Å². The fourth-order valence-corrected chi connectivity index (χ4v) is 5.23. The number of benzene rings is 2. The molecular formula is C34H50N6O6. The molecule has 0 radical (unpaired) electrons. The van der Waals surface area contributed by atoms with Crippen LogP contribution in [0, 0.1) is 5.92 Å². The second kappa shape index (κ2) is 17.4. The Balaban J connectivity index is 1.62. The van der Waals surface area contributed by atoms with Crippen LogP contribution in [0.25, 0.3) is 0 Å². The van der Waals surface area contributed by atoms with Gasteiger partial charge in [-0.05, 0) is 63.9 Å². The summed E-state index contributed by atoms with van der Waals surface area (Å²) in [6.07, 6.45) is 2.17. The number of fused-ring (bicyclic) bond motifs is 1. The zero-order chi connectivity index (χ0) is 33.8. The van der Waals surface area contributed by atoms with Crippen molar-refractivity contribution in [1.82, 2.24) is 15.1 Å². The quantitative estimate of drug-likeness (QED) is 0.163. The van der Waals surface area contributed by atoms with Crippen LogP contribution in [-0.2, 0) is 20.8 Å². The molecule has 12 nitrogen and oxygen atoms in total. The van der Waals surface area contributed by atoms with Crippen LogP contribution >= 0.6 is 0 Å². The number of anilines is 3. The zero-order valence-electron chi connectivity index (χ0n) is 27.7. The molecule has 252 valence electrons. The van der Waals surface area contributed by atoms with E-state index in [1.807, 2.05) is 26.8 Å². The number of rotatable bonds is 13. The van der Waals surface area contributed by atoms with Crippen LogP contribution in [0.1, 0.15) is 65.4 Å². The van der Waals surface area contributed by atoms with Crippen LogP contribution in [-0.4, -0.2) is 83.6 Å². The number of unbranched alkanes of at least 4 members (excludes halogenated alkanes) is 2. The number of nitrogen functional groups attached to an aromatic ring is 1. The monoisotopic (exact) mass is 638 g/mol. The molecule has 46 heavy (non-hydrogen) atoms. The Morgan fingerprint density at radius 1 is 1.04 bits per heavy atom. The van der Waals surface area contributed by atoms with Crippen molar-refractivity contribution in [2.24, 2.45) is 5.92 Å². The van der Waals surface area contributed by atoms with E-state index in [2.05, 4.69) is 16.0 Å². The van der Waals surface area contributed by atoms with Crippen LogP contribution < -0.4 is 26.4 Å². The van der Waals surface area contributed by atoms with Gasteiger partial charge in [-0.15, -0.1) is 0 Å². The number of aliphatic hydroxyl groups excluding tert-OH is 1. The Labute approximate surface area is 272 Å². The van der Waals surface area contributed by atoms with Gasteiger partial charge in [-0.25, -0.2) is 4.79 Å². The molecule has 1 heterocycles. The van der Waals surface area contributed by atoms with Gasteiger partial charge in [0.15, 0.2) is 0 Å². The Hall–Kier alpha value is -4.32. The lowest BCUT2D eigenvalue weighted by Gasteiger charge is -2.34. The maximum atomic E-state index is 13.5.